The second-order valence-corrected chi connectivity index (χ2v) is 4.66. The molecule has 0 atom stereocenters. The van der Waals surface area contributed by atoms with Crippen molar-refractivity contribution in [2.45, 2.75) is 11.9 Å². The summed E-state index contributed by atoms with van der Waals surface area (Å²) in [7, 11) is -6.21. The van der Waals surface area contributed by atoms with E-state index in [0.717, 1.165) is 0 Å². The molecule has 0 aliphatic rings. The van der Waals surface area contributed by atoms with Crippen molar-refractivity contribution >= 4 is 10.1 Å². The molecule has 1 rings (SSSR count). The van der Waals surface area contributed by atoms with Crippen LogP contribution in [0.15, 0.2) is 18.2 Å². The van der Waals surface area contributed by atoms with Gasteiger partial charge in [-0.25, -0.2) is 4.39 Å². The highest BCUT2D eigenvalue weighted by Crippen LogP contribution is 2.32. The minimum Gasteiger partial charge on any atom is -0.406 e. The Hall–Kier alpha value is -1.72. The Bertz CT molecular complexity index is 590. The predicted octanol–water partition coefficient (Wildman–Crippen LogP) is 2.95. The number of halogens is 7. The van der Waals surface area contributed by atoms with Crippen molar-refractivity contribution in [3.05, 3.63) is 24.0 Å². The molecule has 0 spiro atoms. The van der Waals surface area contributed by atoms with Gasteiger partial charge in [0.1, 0.15) is 5.75 Å². The van der Waals surface area contributed by atoms with E-state index in [-0.39, 0.29) is 12.1 Å². The topological polar surface area (TPSA) is 52.6 Å². The molecule has 20 heavy (non-hydrogen) atoms. The second-order valence-electron chi connectivity index (χ2n) is 3.12. The Kier molecular flexibility index (Phi) is 4.08. The normalized spacial score (nSPS) is 13.2. The first-order valence-electron chi connectivity index (χ1n) is 4.38. The number of hydrogen-bond donors (Lipinski definition) is 0. The van der Waals surface area contributed by atoms with Crippen molar-refractivity contribution in [3.63, 3.8) is 0 Å². The SMILES string of the molecule is O=S(=O)(Oc1cc(OC(F)(F)F)ccc1F)C(F)(F)F. The summed E-state index contributed by atoms with van der Waals surface area (Å²) < 4.78 is 112. The molecule has 0 unspecified atom stereocenters. The second kappa shape index (κ2) is 5.00. The lowest BCUT2D eigenvalue weighted by Gasteiger charge is -2.12. The minimum absolute atomic E-state index is 0.0200. The van der Waals surface area contributed by atoms with E-state index >= 15 is 0 Å². The Morgan fingerprint density at radius 2 is 1.55 bits per heavy atom. The molecular weight excluding hydrogens is 325 g/mol. The van der Waals surface area contributed by atoms with Crippen LogP contribution in [0.2, 0.25) is 0 Å². The third kappa shape index (κ3) is 4.15. The van der Waals surface area contributed by atoms with E-state index in [2.05, 4.69) is 8.92 Å². The summed E-state index contributed by atoms with van der Waals surface area (Å²) in [4.78, 5) is 0. The summed E-state index contributed by atoms with van der Waals surface area (Å²) in [6.07, 6.45) is -5.20. The van der Waals surface area contributed by atoms with Crippen LogP contribution in [0.5, 0.6) is 11.5 Å². The molecule has 0 amide bonds. The van der Waals surface area contributed by atoms with Crippen LogP contribution in [0.25, 0.3) is 0 Å². The summed E-state index contributed by atoms with van der Waals surface area (Å²) >= 11 is 0. The fourth-order valence-corrected chi connectivity index (χ4v) is 1.37. The molecule has 1 aromatic carbocycles. The van der Waals surface area contributed by atoms with Crippen LogP contribution in [0, 0.1) is 5.82 Å². The molecule has 0 saturated heterocycles. The highest BCUT2D eigenvalue weighted by molar-refractivity contribution is 7.88. The Balaban J connectivity index is 3.11. The molecule has 0 aliphatic heterocycles. The van der Waals surface area contributed by atoms with Gasteiger partial charge in [-0.1, -0.05) is 0 Å². The first kappa shape index (κ1) is 16.3. The fraction of sp³-hybridized carbons (Fsp3) is 0.250. The molecule has 0 aromatic heterocycles. The summed E-state index contributed by atoms with van der Waals surface area (Å²) in [5, 5.41) is 0. The van der Waals surface area contributed by atoms with Gasteiger partial charge < -0.3 is 8.92 Å². The number of ether oxygens (including phenoxy) is 1. The number of alkyl halides is 6. The molecule has 0 N–H and O–H groups in total. The average molecular weight is 328 g/mol. The zero-order valence-electron chi connectivity index (χ0n) is 8.92. The lowest BCUT2D eigenvalue weighted by Crippen LogP contribution is -2.28. The van der Waals surface area contributed by atoms with E-state index in [4.69, 9.17) is 0 Å². The molecule has 0 bridgehead atoms. The molecular formula is C8H3F7O4S. The molecule has 0 aliphatic carbocycles. The van der Waals surface area contributed by atoms with Gasteiger partial charge in [0, 0.05) is 6.07 Å². The number of rotatable bonds is 3. The largest absolute Gasteiger partial charge is 0.573 e. The maximum absolute atomic E-state index is 13.0. The number of hydrogen-bond acceptors (Lipinski definition) is 4. The molecule has 0 heterocycles. The first-order chi connectivity index (χ1) is 8.82. The summed E-state index contributed by atoms with van der Waals surface area (Å²) in [5.41, 5.74) is -5.86. The molecule has 12 heteroatoms. The number of benzene rings is 1. The van der Waals surface area contributed by atoms with E-state index in [1.54, 1.807) is 0 Å². The molecule has 1 aromatic rings. The lowest BCUT2D eigenvalue weighted by molar-refractivity contribution is -0.274. The van der Waals surface area contributed by atoms with E-state index in [1.807, 2.05) is 0 Å². The quantitative estimate of drug-likeness (QED) is 0.486. The maximum atomic E-state index is 13.0. The van der Waals surface area contributed by atoms with Crippen molar-refractivity contribution < 1.29 is 48.1 Å². The van der Waals surface area contributed by atoms with Crippen LogP contribution in [0.4, 0.5) is 30.7 Å². The van der Waals surface area contributed by atoms with Gasteiger partial charge in [0.05, 0.1) is 0 Å². The summed E-state index contributed by atoms with van der Waals surface area (Å²) in [6, 6.07) is 0.699. The van der Waals surface area contributed by atoms with Crippen molar-refractivity contribution in [1.82, 2.24) is 0 Å². The van der Waals surface area contributed by atoms with Crippen LogP contribution in [0.3, 0.4) is 0 Å². The summed E-state index contributed by atoms with van der Waals surface area (Å²) in [6.45, 7) is 0. The lowest BCUT2D eigenvalue weighted by atomic mass is 10.3. The molecule has 114 valence electrons. The summed E-state index contributed by atoms with van der Waals surface area (Å²) in [5.74, 6) is -4.34. The van der Waals surface area contributed by atoms with Gasteiger partial charge >= 0.3 is 22.0 Å². The first-order valence-corrected chi connectivity index (χ1v) is 5.79. The molecule has 0 saturated carbocycles. The van der Waals surface area contributed by atoms with Gasteiger partial charge in [-0.15, -0.1) is 13.2 Å². The maximum Gasteiger partial charge on any atom is 0.573 e. The van der Waals surface area contributed by atoms with E-state index in [9.17, 15) is 39.2 Å². The third-order valence-corrected chi connectivity index (χ3v) is 2.59. The van der Waals surface area contributed by atoms with Crippen molar-refractivity contribution in [2.24, 2.45) is 0 Å². The zero-order valence-corrected chi connectivity index (χ0v) is 9.74. The van der Waals surface area contributed by atoms with Gasteiger partial charge in [-0.2, -0.15) is 21.6 Å². The van der Waals surface area contributed by atoms with E-state index in [1.165, 1.54) is 0 Å². The standard InChI is InChI=1S/C8H3F7O4S/c9-5-2-1-4(18-7(10,11)12)3-6(5)19-20(16,17)8(13,14)15/h1-3H. The van der Waals surface area contributed by atoms with E-state index < -0.39 is 39.3 Å². The fourth-order valence-electron chi connectivity index (χ4n) is 0.910. The molecule has 0 fully saturated rings. The van der Waals surface area contributed by atoms with Crippen molar-refractivity contribution in [3.8, 4) is 11.5 Å². The van der Waals surface area contributed by atoms with Crippen LogP contribution in [-0.4, -0.2) is 20.3 Å². The van der Waals surface area contributed by atoms with Crippen LogP contribution in [-0.2, 0) is 10.1 Å². The molecule has 0 radical (unpaired) electrons. The van der Waals surface area contributed by atoms with Gasteiger partial charge in [0.15, 0.2) is 11.6 Å². The highest BCUT2D eigenvalue weighted by Gasteiger charge is 2.49. The Morgan fingerprint density at radius 1 is 1.00 bits per heavy atom. The van der Waals surface area contributed by atoms with Gasteiger partial charge in [-0.05, 0) is 12.1 Å². The third-order valence-electron chi connectivity index (χ3n) is 1.62. The van der Waals surface area contributed by atoms with Gasteiger partial charge in [-0.3, -0.25) is 0 Å². The Morgan fingerprint density at radius 3 is 2.00 bits per heavy atom. The minimum atomic E-state index is -6.21. The van der Waals surface area contributed by atoms with Crippen molar-refractivity contribution in [2.75, 3.05) is 0 Å². The van der Waals surface area contributed by atoms with Crippen LogP contribution < -0.4 is 8.92 Å². The Labute approximate surface area is 106 Å². The van der Waals surface area contributed by atoms with Crippen LogP contribution in [0.1, 0.15) is 0 Å². The highest BCUT2D eigenvalue weighted by atomic mass is 32.2. The zero-order chi connectivity index (χ0) is 15.8. The monoisotopic (exact) mass is 328 g/mol. The van der Waals surface area contributed by atoms with E-state index in [0.29, 0.717) is 6.07 Å². The van der Waals surface area contributed by atoms with Crippen LogP contribution >= 0.6 is 0 Å². The van der Waals surface area contributed by atoms with Gasteiger partial charge in [0.25, 0.3) is 0 Å². The average Bonchev–Trinajstić information content (AvgIpc) is 2.18. The smallest absolute Gasteiger partial charge is 0.406 e. The molecule has 4 nitrogen and oxygen atoms in total. The predicted molar refractivity (Wildman–Crippen MR) is 48.7 cm³/mol. The van der Waals surface area contributed by atoms with Crippen molar-refractivity contribution in [1.29, 1.82) is 0 Å². The van der Waals surface area contributed by atoms with Gasteiger partial charge in [0.2, 0.25) is 0 Å².